The van der Waals surface area contributed by atoms with Crippen LogP contribution in [0, 0.1) is 12.3 Å². The van der Waals surface area contributed by atoms with Crippen LogP contribution in [0.5, 0.6) is 0 Å². The first-order valence-electron chi connectivity index (χ1n) is 11.2. The number of nitrogens with zero attached hydrogens (tertiary/aromatic N) is 6. The predicted octanol–water partition coefficient (Wildman–Crippen LogP) is 1.85. The van der Waals surface area contributed by atoms with Crippen molar-refractivity contribution in [2.24, 2.45) is 5.41 Å². The molecule has 0 aliphatic carbocycles. The Morgan fingerprint density at radius 2 is 1.94 bits per heavy atom. The second kappa shape index (κ2) is 7.48. The van der Waals surface area contributed by atoms with Crippen LogP contribution in [0.15, 0.2) is 29.2 Å². The Kier molecular flexibility index (Phi) is 4.69. The number of aromatic nitrogens is 4. The van der Waals surface area contributed by atoms with Crippen molar-refractivity contribution in [1.82, 2.24) is 24.5 Å². The number of halogens is 3. The number of alkyl halides is 3. The van der Waals surface area contributed by atoms with Crippen molar-refractivity contribution in [1.29, 1.82) is 0 Å². The Hall–Kier alpha value is -3.54. The number of rotatable bonds is 2. The van der Waals surface area contributed by atoms with Crippen LogP contribution in [-0.4, -0.2) is 63.2 Å². The molecule has 0 unspecified atom stereocenters. The first kappa shape index (κ1) is 22.0. The van der Waals surface area contributed by atoms with Gasteiger partial charge in [-0.3, -0.25) is 14.6 Å². The van der Waals surface area contributed by atoms with Gasteiger partial charge in [-0.15, -0.1) is 5.10 Å². The lowest BCUT2D eigenvalue weighted by molar-refractivity contribution is -0.176. The van der Waals surface area contributed by atoms with Gasteiger partial charge in [0.05, 0.1) is 24.2 Å². The third kappa shape index (κ3) is 3.63. The summed E-state index contributed by atoms with van der Waals surface area (Å²) in [7, 11) is 0. The second-order valence-corrected chi connectivity index (χ2v) is 9.55. The van der Waals surface area contributed by atoms with Gasteiger partial charge >= 0.3 is 6.18 Å². The molecule has 3 aliphatic heterocycles. The van der Waals surface area contributed by atoms with E-state index < -0.39 is 17.3 Å². The van der Waals surface area contributed by atoms with E-state index in [-0.39, 0.29) is 29.2 Å². The Morgan fingerprint density at radius 1 is 1.17 bits per heavy atom. The van der Waals surface area contributed by atoms with Gasteiger partial charge in [0.1, 0.15) is 5.69 Å². The summed E-state index contributed by atoms with van der Waals surface area (Å²) in [6.07, 6.45) is -3.16. The molecule has 1 spiro atoms. The van der Waals surface area contributed by atoms with Crippen molar-refractivity contribution in [2.75, 3.05) is 37.7 Å². The number of anilines is 1. The fraction of sp³-hybridized carbons (Fsp3) is 0.435. The van der Waals surface area contributed by atoms with Crippen LogP contribution in [0.1, 0.15) is 32.9 Å². The first-order valence-corrected chi connectivity index (χ1v) is 11.2. The van der Waals surface area contributed by atoms with Crippen LogP contribution in [0.3, 0.4) is 0 Å². The molecule has 9 nitrogen and oxygen atoms in total. The lowest BCUT2D eigenvalue weighted by atomic mass is 9.78. The lowest BCUT2D eigenvalue weighted by Gasteiger charge is -2.54. The minimum absolute atomic E-state index is 0.0536. The number of fused-ring (bicyclic) bond motifs is 2. The summed E-state index contributed by atoms with van der Waals surface area (Å²) in [6, 6.07) is 3.96. The highest BCUT2D eigenvalue weighted by Crippen LogP contribution is 2.38. The smallest absolute Gasteiger partial charge is 0.380 e. The quantitative estimate of drug-likeness (QED) is 0.546. The number of hydrogen-bond acceptors (Lipinski definition) is 7. The Labute approximate surface area is 197 Å². The van der Waals surface area contributed by atoms with E-state index in [1.54, 1.807) is 17.9 Å². The van der Waals surface area contributed by atoms with Gasteiger partial charge in [0.2, 0.25) is 0 Å². The summed E-state index contributed by atoms with van der Waals surface area (Å²) in [5.74, 6) is 0.169. The maximum Gasteiger partial charge on any atom is 0.417 e. The second-order valence-electron chi connectivity index (χ2n) is 9.55. The van der Waals surface area contributed by atoms with Crippen molar-refractivity contribution in [3.8, 4) is 0 Å². The number of ether oxygens (including phenoxy) is 1. The van der Waals surface area contributed by atoms with E-state index in [9.17, 15) is 22.8 Å². The Morgan fingerprint density at radius 3 is 2.63 bits per heavy atom. The molecule has 3 aromatic heterocycles. The van der Waals surface area contributed by atoms with Crippen LogP contribution in [-0.2, 0) is 23.9 Å². The van der Waals surface area contributed by atoms with E-state index >= 15 is 0 Å². The van der Waals surface area contributed by atoms with Crippen LogP contribution in [0.25, 0.3) is 5.65 Å². The molecule has 1 amide bonds. The van der Waals surface area contributed by atoms with Crippen LogP contribution in [0.4, 0.5) is 19.0 Å². The summed E-state index contributed by atoms with van der Waals surface area (Å²) in [5.41, 5.74) is 0.854. The van der Waals surface area contributed by atoms with Gasteiger partial charge in [-0.1, -0.05) is 0 Å². The zero-order valence-corrected chi connectivity index (χ0v) is 18.8. The number of hydrogen-bond donors (Lipinski definition) is 0. The van der Waals surface area contributed by atoms with E-state index in [4.69, 9.17) is 4.74 Å². The number of likely N-dealkylation sites (tertiary alicyclic amines) is 1. The summed E-state index contributed by atoms with van der Waals surface area (Å²) in [5, 5.41) is 4.45. The van der Waals surface area contributed by atoms with Gasteiger partial charge < -0.3 is 14.5 Å². The molecule has 0 atom stereocenters. The largest absolute Gasteiger partial charge is 0.417 e. The van der Waals surface area contributed by atoms with Gasteiger partial charge in [0, 0.05) is 50.6 Å². The van der Waals surface area contributed by atoms with Gasteiger partial charge in [-0.2, -0.15) is 17.7 Å². The zero-order valence-electron chi connectivity index (χ0n) is 18.8. The minimum Gasteiger partial charge on any atom is -0.380 e. The van der Waals surface area contributed by atoms with Crippen molar-refractivity contribution in [3.05, 3.63) is 62.8 Å². The third-order valence-corrected chi connectivity index (χ3v) is 6.86. The zero-order chi connectivity index (χ0) is 24.5. The number of pyridine rings is 1. The molecule has 35 heavy (non-hydrogen) atoms. The highest BCUT2D eigenvalue weighted by molar-refractivity contribution is 5.93. The lowest BCUT2D eigenvalue weighted by Crippen LogP contribution is -2.67. The maximum atomic E-state index is 13.1. The topological polar surface area (TPSA) is 92.9 Å². The van der Waals surface area contributed by atoms with Gasteiger partial charge in [-0.25, -0.2) is 4.98 Å². The molecule has 2 fully saturated rings. The average Bonchev–Trinajstić information content (AvgIpc) is 2.75. The fourth-order valence-electron chi connectivity index (χ4n) is 4.95. The van der Waals surface area contributed by atoms with Crippen LogP contribution in [0.2, 0.25) is 0 Å². The number of aryl methyl sites for hydroxylation is 1. The molecule has 3 aliphatic rings. The Bertz CT molecular complexity index is 1420. The van der Waals surface area contributed by atoms with E-state index in [0.29, 0.717) is 61.9 Å². The Balaban J connectivity index is 1.29. The number of carbonyl (C=O) groups excluding carboxylic acids is 1. The van der Waals surface area contributed by atoms with Crippen LogP contribution < -0.4 is 10.5 Å². The summed E-state index contributed by atoms with van der Waals surface area (Å²) in [4.78, 5) is 37.5. The minimum atomic E-state index is -4.47. The van der Waals surface area contributed by atoms with E-state index in [1.165, 1.54) is 6.07 Å². The number of carbonyl (C=O) groups is 1. The maximum absolute atomic E-state index is 13.1. The van der Waals surface area contributed by atoms with Crippen molar-refractivity contribution in [2.45, 2.75) is 26.1 Å². The van der Waals surface area contributed by atoms with Gasteiger partial charge in [0.25, 0.3) is 11.5 Å². The molecule has 0 N–H and O–H groups in total. The fourth-order valence-corrected chi connectivity index (χ4v) is 4.95. The molecule has 0 aromatic carbocycles. The predicted molar refractivity (Wildman–Crippen MR) is 117 cm³/mol. The molecule has 0 radical (unpaired) electrons. The van der Waals surface area contributed by atoms with Crippen molar-refractivity contribution < 1.29 is 22.7 Å². The molecule has 182 valence electrons. The first-order chi connectivity index (χ1) is 16.6. The SMILES string of the molecule is Cc1cc2nc(C(=O)N3CC4(COC4)C3)cc(=O)n2nc1N1CCc2ncc(C(F)(F)F)cc2C1. The number of amides is 1. The molecule has 6 rings (SSSR count). The highest BCUT2D eigenvalue weighted by Gasteiger charge is 2.51. The highest BCUT2D eigenvalue weighted by atomic mass is 19.4. The summed E-state index contributed by atoms with van der Waals surface area (Å²) < 4.78 is 45.8. The monoisotopic (exact) mass is 486 g/mol. The molecule has 6 heterocycles. The molecule has 2 saturated heterocycles. The third-order valence-electron chi connectivity index (χ3n) is 6.86. The summed E-state index contributed by atoms with van der Waals surface area (Å²) in [6.45, 7) is 4.93. The van der Waals surface area contributed by atoms with Crippen molar-refractivity contribution >= 4 is 17.4 Å². The summed E-state index contributed by atoms with van der Waals surface area (Å²) >= 11 is 0. The van der Waals surface area contributed by atoms with E-state index in [1.807, 2.05) is 4.90 Å². The molecular weight excluding hydrogens is 465 g/mol. The molecule has 12 heteroatoms. The van der Waals surface area contributed by atoms with Crippen LogP contribution >= 0.6 is 0 Å². The van der Waals surface area contributed by atoms with E-state index in [0.717, 1.165) is 16.8 Å². The van der Waals surface area contributed by atoms with Gasteiger partial charge in [-0.05, 0) is 30.2 Å². The average molecular weight is 486 g/mol. The standard InChI is InChI=1S/C23H21F3N6O3/c1-13-4-18-28-17(21(34)31-9-22(10-31)11-35-12-22)6-19(33)32(18)29-20(13)30-3-2-16-14(8-30)5-15(7-27-16)23(24,25)26/h4-7H,2-3,8-12H2,1H3. The molecule has 0 bridgehead atoms. The molecule has 0 saturated carbocycles. The van der Waals surface area contributed by atoms with Crippen molar-refractivity contribution in [3.63, 3.8) is 0 Å². The molecule has 3 aromatic rings. The van der Waals surface area contributed by atoms with Gasteiger partial charge in [0.15, 0.2) is 11.5 Å². The normalized spacial score (nSPS) is 18.9. The van der Waals surface area contributed by atoms with E-state index in [2.05, 4.69) is 15.1 Å². The molecular formula is C23H21F3N6O3.